The fourth-order valence-electron chi connectivity index (χ4n) is 2.04. The van der Waals surface area contributed by atoms with Crippen molar-refractivity contribution in [1.29, 1.82) is 0 Å². The second kappa shape index (κ2) is 7.40. The van der Waals surface area contributed by atoms with Crippen molar-refractivity contribution in [2.45, 2.75) is 26.9 Å². The minimum Gasteiger partial charge on any atom is -0.495 e. The Morgan fingerprint density at radius 2 is 2.00 bits per heavy atom. The predicted octanol–water partition coefficient (Wildman–Crippen LogP) is 3.74. The van der Waals surface area contributed by atoms with Crippen molar-refractivity contribution in [2.24, 2.45) is 0 Å². The van der Waals surface area contributed by atoms with Gasteiger partial charge in [0, 0.05) is 11.1 Å². The highest BCUT2D eigenvalue weighted by molar-refractivity contribution is 6.31. The zero-order valence-electron chi connectivity index (χ0n) is 13.8. The molecule has 1 N–H and O–H groups in total. The molecule has 1 aromatic carbocycles. The summed E-state index contributed by atoms with van der Waals surface area (Å²) in [5.74, 6) is -0.251. The van der Waals surface area contributed by atoms with Gasteiger partial charge in [-0.25, -0.2) is 4.79 Å². The lowest BCUT2D eigenvalue weighted by Gasteiger charge is -2.16. The summed E-state index contributed by atoms with van der Waals surface area (Å²) in [5.41, 5.74) is 1.52. The number of rotatable bonds is 5. The fraction of sp³-hybridized carbons (Fsp3) is 0.294. The van der Waals surface area contributed by atoms with Crippen LogP contribution in [0.4, 0.5) is 5.69 Å². The van der Waals surface area contributed by atoms with Gasteiger partial charge in [0.1, 0.15) is 17.1 Å². The Morgan fingerprint density at radius 1 is 1.29 bits per heavy atom. The van der Waals surface area contributed by atoms with Crippen LogP contribution in [0, 0.1) is 13.8 Å². The van der Waals surface area contributed by atoms with Gasteiger partial charge in [0.25, 0.3) is 5.91 Å². The van der Waals surface area contributed by atoms with E-state index < -0.39 is 18.0 Å². The molecule has 1 aromatic heterocycles. The normalized spacial score (nSPS) is 11.7. The maximum Gasteiger partial charge on any atom is 0.342 e. The Kier molecular flexibility index (Phi) is 5.51. The zero-order valence-corrected chi connectivity index (χ0v) is 14.6. The van der Waals surface area contributed by atoms with Crippen LogP contribution in [0.15, 0.2) is 28.9 Å². The Labute approximate surface area is 144 Å². The predicted molar refractivity (Wildman–Crippen MR) is 89.7 cm³/mol. The minimum absolute atomic E-state index is 0.287. The van der Waals surface area contributed by atoms with Crippen molar-refractivity contribution in [1.82, 2.24) is 0 Å². The van der Waals surface area contributed by atoms with Crippen LogP contribution in [-0.2, 0) is 9.53 Å². The van der Waals surface area contributed by atoms with Gasteiger partial charge in [-0.15, -0.1) is 0 Å². The van der Waals surface area contributed by atoms with Gasteiger partial charge in [0.15, 0.2) is 6.10 Å². The lowest BCUT2D eigenvalue weighted by atomic mass is 10.2. The van der Waals surface area contributed by atoms with Gasteiger partial charge < -0.3 is 19.2 Å². The Balaban J connectivity index is 2.08. The van der Waals surface area contributed by atoms with Crippen LogP contribution in [0.2, 0.25) is 5.02 Å². The first-order valence-electron chi connectivity index (χ1n) is 7.23. The third-order valence-electron chi connectivity index (χ3n) is 3.47. The summed E-state index contributed by atoms with van der Waals surface area (Å²) in [6.07, 6.45) is 0.394. The molecule has 0 spiro atoms. The van der Waals surface area contributed by atoms with E-state index in [1.807, 2.05) is 6.92 Å². The number of halogens is 1. The number of anilines is 1. The number of amides is 1. The highest BCUT2D eigenvalue weighted by Crippen LogP contribution is 2.31. The number of carbonyl (C=O) groups excluding carboxylic acids is 2. The van der Waals surface area contributed by atoms with E-state index in [1.54, 1.807) is 19.1 Å². The molecule has 2 rings (SSSR count). The van der Waals surface area contributed by atoms with Crippen LogP contribution < -0.4 is 10.1 Å². The number of hydrogen-bond acceptors (Lipinski definition) is 5. The maximum absolute atomic E-state index is 12.3. The second-order valence-electron chi connectivity index (χ2n) is 5.23. The summed E-state index contributed by atoms with van der Waals surface area (Å²) in [5, 5.41) is 3.20. The van der Waals surface area contributed by atoms with Crippen LogP contribution in [-0.4, -0.2) is 25.1 Å². The van der Waals surface area contributed by atoms with Crippen LogP contribution in [0.25, 0.3) is 0 Å². The van der Waals surface area contributed by atoms with Gasteiger partial charge >= 0.3 is 5.97 Å². The van der Waals surface area contributed by atoms with Crippen LogP contribution in [0.5, 0.6) is 5.75 Å². The number of aryl methyl sites for hydroxylation is 2. The maximum atomic E-state index is 12.3. The molecule has 0 unspecified atom stereocenters. The first-order valence-corrected chi connectivity index (χ1v) is 7.61. The molecule has 1 heterocycles. The molecular formula is C17H18ClNO5. The lowest BCUT2D eigenvalue weighted by molar-refractivity contribution is -0.123. The number of carbonyl (C=O) groups is 2. The Bertz CT molecular complexity index is 768. The quantitative estimate of drug-likeness (QED) is 0.830. The SMILES string of the molecule is COc1cc(Cl)c(C)cc1NC(=O)[C@@H](C)OC(=O)c1ccoc1C. The molecule has 24 heavy (non-hydrogen) atoms. The molecule has 0 aliphatic heterocycles. The van der Waals surface area contributed by atoms with Crippen molar-refractivity contribution in [3.63, 3.8) is 0 Å². The molecule has 0 saturated heterocycles. The van der Waals surface area contributed by atoms with Crippen LogP contribution in [0.3, 0.4) is 0 Å². The summed E-state index contributed by atoms with van der Waals surface area (Å²) in [7, 11) is 1.47. The molecule has 128 valence electrons. The standard InChI is InChI=1S/C17H18ClNO5/c1-9-7-14(15(22-4)8-13(9)18)19-16(20)11(3)24-17(21)12-5-6-23-10(12)2/h5-8,11H,1-4H3,(H,19,20)/t11-/m1/s1. The number of benzene rings is 1. The molecule has 1 atom stereocenters. The molecule has 0 saturated carbocycles. The molecule has 0 fully saturated rings. The third-order valence-corrected chi connectivity index (χ3v) is 3.88. The zero-order chi connectivity index (χ0) is 17.9. The second-order valence-corrected chi connectivity index (χ2v) is 5.64. The highest BCUT2D eigenvalue weighted by Gasteiger charge is 2.22. The first kappa shape index (κ1) is 17.9. The van der Waals surface area contributed by atoms with Crippen molar-refractivity contribution < 1.29 is 23.5 Å². The average Bonchev–Trinajstić information content (AvgIpc) is 2.96. The monoisotopic (exact) mass is 351 g/mol. The summed E-state index contributed by atoms with van der Waals surface area (Å²) < 4.78 is 15.4. The van der Waals surface area contributed by atoms with E-state index in [2.05, 4.69) is 5.32 Å². The summed E-state index contributed by atoms with van der Waals surface area (Å²) in [6.45, 7) is 4.93. The van der Waals surface area contributed by atoms with E-state index in [9.17, 15) is 9.59 Å². The first-order chi connectivity index (χ1) is 11.3. The summed E-state index contributed by atoms with van der Waals surface area (Å²) >= 11 is 6.03. The summed E-state index contributed by atoms with van der Waals surface area (Å²) in [6, 6.07) is 4.79. The topological polar surface area (TPSA) is 77.8 Å². The molecule has 1 amide bonds. The molecule has 7 heteroatoms. The molecule has 6 nitrogen and oxygen atoms in total. The van der Waals surface area contributed by atoms with E-state index in [1.165, 1.54) is 26.4 Å². The molecule has 2 aromatic rings. The summed E-state index contributed by atoms with van der Waals surface area (Å²) in [4.78, 5) is 24.3. The number of methoxy groups -OCH3 is 1. The Hall–Kier alpha value is -2.47. The number of ether oxygens (including phenoxy) is 2. The van der Waals surface area contributed by atoms with E-state index in [-0.39, 0.29) is 5.56 Å². The number of furan rings is 1. The third kappa shape index (κ3) is 3.89. The van der Waals surface area contributed by atoms with Gasteiger partial charge in [0.05, 0.1) is 19.1 Å². The van der Waals surface area contributed by atoms with E-state index in [0.29, 0.717) is 22.2 Å². The molecule has 0 aliphatic carbocycles. The average molecular weight is 352 g/mol. The van der Waals surface area contributed by atoms with Crippen LogP contribution in [0.1, 0.15) is 28.6 Å². The van der Waals surface area contributed by atoms with Gasteiger partial charge in [0.2, 0.25) is 0 Å². The minimum atomic E-state index is -0.993. The van der Waals surface area contributed by atoms with E-state index in [4.69, 9.17) is 25.5 Å². The van der Waals surface area contributed by atoms with Crippen molar-refractivity contribution in [2.75, 3.05) is 12.4 Å². The van der Waals surface area contributed by atoms with Crippen molar-refractivity contribution in [3.8, 4) is 5.75 Å². The highest BCUT2D eigenvalue weighted by atomic mass is 35.5. The van der Waals surface area contributed by atoms with Gasteiger partial charge in [-0.2, -0.15) is 0 Å². The van der Waals surface area contributed by atoms with Gasteiger partial charge in [-0.05, 0) is 38.5 Å². The van der Waals surface area contributed by atoms with Crippen LogP contribution >= 0.6 is 11.6 Å². The lowest BCUT2D eigenvalue weighted by Crippen LogP contribution is -2.30. The largest absolute Gasteiger partial charge is 0.495 e. The molecule has 0 bridgehead atoms. The number of hydrogen-bond donors (Lipinski definition) is 1. The van der Waals surface area contributed by atoms with Gasteiger partial charge in [-0.1, -0.05) is 11.6 Å². The number of esters is 1. The molecule has 0 radical (unpaired) electrons. The van der Waals surface area contributed by atoms with Gasteiger partial charge in [-0.3, -0.25) is 4.79 Å². The fourth-order valence-corrected chi connectivity index (χ4v) is 2.19. The Morgan fingerprint density at radius 3 is 2.58 bits per heavy atom. The number of nitrogens with one attached hydrogen (secondary N) is 1. The van der Waals surface area contributed by atoms with Crippen molar-refractivity contribution in [3.05, 3.63) is 46.4 Å². The van der Waals surface area contributed by atoms with Crippen molar-refractivity contribution >= 4 is 29.2 Å². The van der Waals surface area contributed by atoms with E-state index in [0.717, 1.165) is 5.56 Å². The smallest absolute Gasteiger partial charge is 0.342 e. The van der Waals surface area contributed by atoms with E-state index >= 15 is 0 Å². The molecular weight excluding hydrogens is 334 g/mol. The molecule has 0 aliphatic rings.